The summed E-state index contributed by atoms with van der Waals surface area (Å²) in [7, 11) is 0. The van der Waals surface area contributed by atoms with Gasteiger partial charge in [0, 0.05) is 11.1 Å². The quantitative estimate of drug-likeness (QED) is 0.547. The van der Waals surface area contributed by atoms with E-state index in [0.717, 1.165) is 60.1 Å². The summed E-state index contributed by atoms with van der Waals surface area (Å²) in [4.78, 5) is 31.2. The zero-order valence-corrected chi connectivity index (χ0v) is 15.2. The van der Waals surface area contributed by atoms with E-state index in [2.05, 4.69) is 16.0 Å². The highest BCUT2D eigenvalue weighted by Crippen LogP contribution is 2.33. The second kappa shape index (κ2) is 6.64. The van der Waals surface area contributed by atoms with Crippen LogP contribution in [0.4, 0.5) is 0 Å². The Morgan fingerprint density at radius 2 is 2.08 bits per heavy atom. The molecule has 0 spiro atoms. The Morgan fingerprint density at radius 3 is 2.88 bits per heavy atom. The average Bonchev–Trinajstić information content (AvgIpc) is 2.94. The number of H-pyrrole nitrogens is 1. The number of hydrogen-bond acceptors (Lipinski definition) is 5. The lowest BCUT2D eigenvalue weighted by Crippen LogP contribution is -2.24. The van der Waals surface area contributed by atoms with Crippen LogP contribution in [-0.2, 0) is 12.8 Å². The molecule has 0 radical (unpaired) electrons. The molecular formula is C19H19N3O3S. The molecule has 1 atom stereocenters. The van der Waals surface area contributed by atoms with E-state index < -0.39 is 10.8 Å². The number of fused-ring (bicyclic) bond motifs is 3. The summed E-state index contributed by atoms with van der Waals surface area (Å²) in [6, 6.07) is 9.02. The number of rotatable bonds is 3. The van der Waals surface area contributed by atoms with E-state index in [0.29, 0.717) is 0 Å². The number of hydrogen-bond donors (Lipinski definition) is 2. The van der Waals surface area contributed by atoms with Gasteiger partial charge in [0.05, 0.1) is 16.8 Å². The van der Waals surface area contributed by atoms with Crippen molar-refractivity contribution in [3.8, 4) is 5.88 Å². The first-order valence-corrected chi connectivity index (χ1v) is 9.55. The number of aromatic amines is 1. The van der Waals surface area contributed by atoms with Gasteiger partial charge in [-0.3, -0.25) is 14.2 Å². The Labute approximate surface area is 154 Å². The topological polar surface area (TPSA) is 88.0 Å². The Morgan fingerprint density at radius 1 is 1.31 bits per heavy atom. The van der Waals surface area contributed by atoms with Crippen LogP contribution in [0.1, 0.15) is 35.8 Å². The lowest BCUT2D eigenvalue weighted by molar-refractivity contribution is 0.0916. The number of aryl methyl sites for hydroxylation is 1. The summed E-state index contributed by atoms with van der Waals surface area (Å²) >= 11 is 1.14. The number of benzene rings is 1. The van der Waals surface area contributed by atoms with Crippen LogP contribution in [0.15, 0.2) is 40.3 Å². The molecule has 1 unspecified atom stereocenters. The molecule has 2 heterocycles. The van der Waals surface area contributed by atoms with Crippen molar-refractivity contribution < 1.29 is 9.90 Å². The van der Waals surface area contributed by atoms with E-state index in [1.54, 1.807) is 6.92 Å². The predicted octanol–water partition coefficient (Wildman–Crippen LogP) is 3.13. The van der Waals surface area contributed by atoms with Crippen molar-refractivity contribution in [1.82, 2.24) is 14.5 Å². The summed E-state index contributed by atoms with van der Waals surface area (Å²) < 4.78 is 1.84. The van der Waals surface area contributed by atoms with E-state index in [4.69, 9.17) is 0 Å². The molecule has 7 heteroatoms. The third kappa shape index (κ3) is 2.92. The molecule has 0 saturated carbocycles. The van der Waals surface area contributed by atoms with Crippen molar-refractivity contribution in [2.45, 2.75) is 43.0 Å². The normalized spacial score (nSPS) is 15.0. The van der Waals surface area contributed by atoms with Gasteiger partial charge in [-0.05, 0) is 44.2 Å². The molecule has 1 aliphatic carbocycles. The van der Waals surface area contributed by atoms with E-state index in [9.17, 15) is 14.7 Å². The second-order valence-electron chi connectivity index (χ2n) is 6.49. The van der Waals surface area contributed by atoms with Crippen LogP contribution in [0.5, 0.6) is 5.88 Å². The molecule has 0 fully saturated rings. The standard InChI is InChI=1S/C19H19N3O3S/c1-11(26-19-20-16(23)10-17(24)21-19)18(25)22-14-8-4-2-6-12(14)13-7-3-5-9-15(13)22/h2,4,6,8,10-11H,3,5,7,9H2,1H3,(H2,20,21,23,24). The molecule has 1 aliphatic rings. The molecule has 26 heavy (non-hydrogen) atoms. The van der Waals surface area contributed by atoms with Crippen LogP contribution < -0.4 is 5.56 Å². The Kier molecular flexibility index (Phi) is 4.32. The molecule has 0 bridgehead atoms. The summed E-state index contributed by atoms with van der Waals surface area (Å²) in [5, 5.41) is 10.4. The van der Waals surface area contributed by atoms with Crippen molar-refractivity contribution in [3.63, 3.8) is 0 Å². The first kappa shape index (κ1) is 16.9. The minimum atomic E-state index is -0.457. The summed E-state index contributed by atoms with van der Waals surface area (Å²) in [5.74, 6) is -0.389. The zero-order chi connectivity index (χ0) is 18.3. The van der Waals surface area contributed by atoms with E-state index >= 15 is 0 Å². The van der Waals surface area contributed by atoms with Gasteiger partial charge in [0.25, 0.3) is 5.56 Å². The smallest absolute Gasteiger partial charge is 0.255 e. The van der Waals surface area contributed by atoms with Gasteiger partial charge in [-0.25, -0.2) is 0 Å². The van der Waals surface area contributed by atoms with E-state index in [1.807, 2.05) is 22.8 Å². The monoisotopic (exact) mass is 369 g/mol. The minimum absolute atomic E-state index is 0.0414. The van der Waals surface area contributed by atoms with Crippen LogP contribution in [-0.4, -0.2) is 30.8 Å². The molecular weight excluding hydrogens is 350 g/mol. The molecule has 2 aromatic heterocycles. The number of nitrogens with one attached hydrogen (secondary N) is 1. The molecule has 1 aromatic carbocycles. The molecule has 6 nitrogen and oxygen atoms in total. The minimum Gasteiger partial charge on any atom is -0.493 e. The fourth-order valence-corrected chi connectivity index (χ4v) is 4.47. The lowest BCUT2D eigenvalue weighted by Gasteiger charge is -2.17. The van der Waals surface area contributed by atoms with Gasteiger partial charge in [0.15, 0.2) is 5.16 Å². The summed E-state index contributed by atoms with van der Waals surface area (Å²) in [5.41, 5.74) is 2.88. The first-order chi connectivity index (χ1) is 12.5. The number of aromatic hydroxyl groups is 1. The van der Waals surface area contributed by atoms with E-state index in [-0.39, 0.29) is 16.9 Å². The number of thioether (sulfide) groups is 1. The van der Waals surface area contributed by atoms with Gasteiger partial charge in [-0.2, -0.15) is 4.98 Å². The number of nitrogens with zero attached hydrogens (tertiary/aromatic N) is 2. The maximum absolute atomic E-state index is 13.2. The van der Waals surface area contributed by atoms with Gasteiger partial charge >= 0.3 is 0 Å². The van der Waals surface area contributed by atoms with Crippen LogP contribution in [0.25, 0.3) is 10.9 Å². The number of para-hydroxylation sites is 1. The molecule has 4 rings (SSSR count). The number of carbonyl (C=O) groups is 1. The van der Waals surface area contributed by atoms with Crippen molar-refractivity contribution >= 4 is 28.6 Å². The summed E-state index contributed by atoms with van der Waals surface area (Å²) in [6.07, 6.45) is 4.13. The molecule has 0 amide bonds. The van der Waals surface area contributed by atoms with Crippen molar-refractivity contribution in [1.29, 1.82) is 0 Å². The molecule has 0 aliphatic heterocycles. The van der Waals surface area contributed by atoms with Gasteiger partial charge in [-0.15, -0.1) is 0 Å². The Bertz CT molecular complexity index is 1050. The van der Waals surface area contributed by atoms with Crippen LogP contribution >= 0.6 is 11.8 Å². The molecule has 0 saturated heterocycles. The Balaban J connectivity index is 1.73. The molecule has 134 valence electrons. The maximum atomic E-state index is 13.2. The van der Waals surface area contributed by atoms with Gasteiger partial charge < -0.3 is 10.1 Å². The highest BCUT2D eigenvalue weighted by Gasteiger charge is 2.26. The molecule has 2 N–H and O–H groups in total. The van der Waals surface area contributed by atoms with Crippen molar-refractivity contribution in [2.75, 3.05) is 0 Å². The predicted molar refractivity (Wildman–Crippen MR) is 101 cm³/mol. The fourth-order valence-electron chi connectivity index (χ4n) is 3.63. The lowest BCUT2D eigenvalue weighted by atomic mass is 9.95. The highest BCUT2D eigenvalue weighted by atomic mass is 32.2. The van der Waals surface area contributed by atoms with Crippen LogP contribution in [0.2, 0.25) is 0 Å². The van der Waals surface area contributed by atoms with Crippen molar-refractivity contribution in [3.05, 3.63) is 51.9 Å². The van der Waals surface area contributed by atoms with E-state index in [1.165, 1.54) is 5.56 Å². The first-order valence-electron chi connectivity index (χ1n) is 8.67. The van der Waals surface area contributed by atoms with Gasteiger partial charge in [0.2, 0.25) is 11.8 Å². The second-order valence-corrected chi connectivity index (χ2v) is 7.82. The van der Waals surface area contributed by atoms with Crippen molar-refractivity contribution in [2.24, 2.45) is 0 Å². The third-order valence-electron chi connectivity index (χ3n) is 4.74. The zero-order valence-electron chi connectivity index (χ0n) is 14.4. The highest BCUT2D eigenvalue weighted by molar-refractivity contribution is 8.00. The summed E-state index contributed by atoms with van der Waals surface area (Å²) in [6.45, 7) is 1.79. The van der Waals surface area contributed by atoms with Gasteiger partial charge in [0.1, 0.15) is 0 Å². The average molecular weight is 369 g/mol. The molecule has 3 aromatic rings. The fraction of sp³-hybridized carbons (Fsp3) is 0.316. The number of aromatic nitrogens is 3. The SMILES string of the molecule is CC(Sc1nc(O)cc(=O)[nH]1)C(=O)n1c2c(c3ccccc31)CCCC2. The third-order valence-corrected chi connectivity index (χ3v) is 5.71. The Hall–Kier alpha value is -2.54. The van der Waals surface area contributed by atoms with Gasteiger partial charge in [-0.1, -0.05) is 30.0 Å². The van der Waals surface area contributed by atoms with Crippen LogP contribution in [0.3, 0.4) is 0 Å². The maximum Gasteiger partial charge on any atom is 0.255 e. The number of carbonyl (C=O) groups excluding carboxylic acids is 1. The largest absolute Gasteiger partial charge is 0.493 e. The van der Waals surface area contributed by atoms with Crippen LogP contribution in [0, 0.1) is 0 Å².